The molecule has 0 saturated carbocycles. The van der Waals surface area contributed by atoms with Crippen LogP contribution >= 0.6 is 11.8 Å². The predicted molar refractivity (Wildman–Crippen MR) is 51.0 cm³/mol. The van der Waals surface area contributed by atoms with Crippen LogP contribution in [0, 0.1) is 6.92 Å². The Morgan fingerprint density at radius 2 is 2.46 bits per heavy atom. The number of carboxylic acids is 1. The van der Waals surface area contributed by atoms with E-state index in [0.717, 1.165) is 10.7 Å². The third-order valence-corrected chi connectivity index (χ3v) is 2.85. The molecule has 4 heteroatoms. The second kappa shape index (κ2) is 4.37. The standard InChI is InChI=1S/C9H12O3S/c1-6(5-9(10)11)13-8-3-4-12-7(8)2/h3-4,6H,5H2,1-2H3,(H,10,11). The molecule has 13 heavy (non-hydrogen) atoms. The lowest BCUT2D eigenvalue weighted by atomic mass is 10.3. The van der Waals surface area contributed by atoms with Gasteiger partial charge in [-0.15, -0.1) is 11.8 Å². The van der Waals surface area contributed by atoms with E-state index in [0.29, 0.717) is 0 Å². The summed E-state index contributed by atoms with van der Waals surface area (Å²) in [5, 5.41) is 8.62. The maximum absolute atomic E-state index is 10.4. The summed E-state index contributed by atoms with van der Waals surface area (Å²) in [6.45, 7) is 3.76. The Morgan fingerprint density at radius 1 is 1.77 bits per heavy atom. The maximum Gasteiger partial charge on any atom is 0.304 e. The van der Waals surface area contributed by atoms with Crippen LogP contribution in [0.2, 0.25) is 0 Å². The smallest absolute Gasteiger partial charge is 0.304 e. The number of carboxylic acid groups (broad SMARTS) is 1. The van der Waals surface area contributed by atoms with Crippen molar-refractivity contribution in [3.8, 4) is 0 Å². The van der Waals surface area contributed by atoms with Gasteiger partial charge in [-0.1, -0.05) is 6.92 Å². The number of rotatable bonds is 4. The SMILES string of the molecule is Cc1occc1SC(C)CC(=O)O. The summed E-state index contributed by atoms with van der Waals surface area (Å²) >= 11 is 1.53. The Balaban J connectivity index is 2.49. The molecule has 0 aliphatic heterocycles. The molecule has 1 rings (SSSR count). The third kappa shape index (κ3) is 3.14. The largest absolute Gasteiger partial charge is 0.481 e. The summed E-state index contributed by atoms with van der Waals surface area (Å²) in [4.78, 5) is 11.4. The van der Waals surface area contributed by atoms with Crippen LogP contribution in [-0.4, -0.2) is 16.3 Å². The van der Waals surface area contributed by atoms with Gasteiger partial charge in [0.2, 0.25) is 0 Å². The summed E-state index contributed by atoms with van der Waals surface area (Å²) < 4.78 is 5.10. The Labute approximate surface area is 81.1 Å². The fourth-order valence-electron chi connectivity index (χ4n) is 1.000. The van der Waals surface area contributed by atoms with E-state index in [1.807, 2.05) is 19.9 Å². The molecule has 1 unspecified atom stereocenters. The molecule has 0 aliphatic carbocycles. The monoisotopic (exact) mass is 200 g/mol. The number of carbonyl (C=O) groups is 1. The molecule has 1 aromatic heterocycles. The molecule has 0 amide bonds. The molecule has 1 heterocycles. The van der Waals surface area contributed by atoms with Crippen molar-refractivity contribution in [2.45, 2.75) is 30.4 Å². The van der Waals surface area contributed by atoms with E-state index >= 15 is 0 Å². The van der Waals surface area contributed by atoms with Crippen molar-refractivity contribution in [3.05, 3.63) is 18.1 Å². The van der Waals surface area contributed by atoms with Crippen LogP contribution in [0.1, 0.15) is 19.1 Å². The predicted octanol–water partition coefficient (Wildman–Crippen LogP) is 2.54. The minimum absolute atomic E-state index is 0.0776. The van der Waals surface area contributed by atoms with Gasteiger partial charge in [-0.2, -0.15) is 0 Å². The van der Waals surface area contributed by atoms with Crippen LogP contribution < -0.4 is 0 Å². The molecule has 1 aromatic rings. The highest BCUT2D eigenvalue weighted by molar-refractivity contribution is 8.00. The number of hydrogen-bond donors (Lipinski definition) is 1. The molecule has 0 fully saturated rings. The zero-order chi connectivity index (χ0) is 9.84. The molecule has 0 bridgehead atoms. The van der Waals surface area contributed by atoms with Gasteiger partial charge in [0.05, 0.1) is 12.7 Å². The van der Waals surface area contributed by atoms with E-state index in [9.17, 15) is 4.79 Å². The van der Waals surface area contributed by atoms with Crippen molar-refractivity contribution >= 4 is 17.7 Å². The fraction of sp³-hybridized carbons (Fsp3) is 0.444. The lowest BCUT2D eigenvalue weighted by Gasteiger charge is -2.06. The molecule has 0 aliphatic rings. The molecule has 1 N–H and O–H groups in total. The Morgan fingerprint density at radius 3 is 2.92 bits per heavy atom. The second-order valence-corrected chi connectivity index (χ2v) is 4.35. The zero-order valence-corrected chi connectivity index (χ0v) is 8.43. The molecule has 0 radical (unpaired) electrons. The average molecular weight is 200 g/mol. The van der Waals surface area contributed by atoms with Crippen molar-refractivity contribution in [2.75, 3.05) is 0 Å². The molecule has 0 aromatic carbocycles. The van der Waals surface area contributed by atoms with Crippen molar-refractivity contribution in [2.24, 2.45) is 0 Å². The van der Waals surface area contributed by atoms with E-state index in [1.165, 1.54) is 11.8 Å². The van der Waals surface area contributed by atoms with E-state index < -0.39 is 5.97 Å². The molecular formula is C9H12O3S. The lowest BCUT2D eigenvalue weighted by molar-refractivity contribution is -0.136. The Bertz CT molecular complexity index is 293. The first-order chi connectivity index (χ1) is 6.09. The molecule has 3 nitrogen and oxygen atoms in total. The van der Waals surface area contributed by atoms with Gasteiger partial charge < -0.3 is 9.52 Å². The zero-order valence-electron chi connectivity index (χ0n) is 7.61. The van der Waals surface area contributed by atoms with Gasteiger partial charge >= 0.3 is 5.97 Å². The van der Waals surface area contributed by atoms with E-state index in [-0.39, 0.29) is 11.7 Å². The molecular weight excluding hydrogens is 188 g/mol. The van der Waals surface area contributed by atoms with Crippen LogP contribution in [0.25, 0.3) is 0 Å². The highest BCUT2D eigenvalue weighted by Gasteiger charge is 2.11. The van der Waals surface area contributed by atoms with Crippen LogP contribution in [0.4, 0.5) is 0 Å². The van der Waals surface area contributed by atoms with Gasteiger partial charge in [0.1, 0.15) is 5.76 Å². The van der Waals surface area contributed by atoms with Crippen molar-refractivity contribution < 1.29 is 14.3 Å². The maximum atomic E-state index is 10.4. The average Bonchev–Trinajstić information content (AvgIpc) is 2.34. The minimum atomic E-state index is -0.763. The van der Waals surface area contributed by atoms with E-state index in [2.05, 4.69) is 0 Å². The van der Waals surface area contributed by atoms with Gasteiger partial charge in [-0.3, -0.25) is 4.79 Å². The van der Waals surface area contributed by atoms with Crippen LogP contribution in [0.5, 0.6) is 0 Å². The quantitative estimate of drug-likeness (QED) is 0.759. The number of aryl methyl sites for hydroxylation is 1. The highest BCUT2D eigenvalue weighted by Crippen LogP contribution is 2.28. The summed E-state index contributed by atoms with van der Waals surface area (Å²) in [6, 6.07) is 1.86. The number of aliphatic carboxylic acids is 1. The van der Waals surface area contributed by atoms with Crippen molar-refractivity contribution in [3.63, 3.8) is 0 Å². The highest BCUT2D eigenvalue weighted by atomic mass is 32.2. The van der Waals surface area contributed by atoms with Crippen LogP contribution in [-0.2, 0) is 4.79 Å². The number of furan rings is 1. The normalized spacial score (nSPS) is 12.8. The third-order valence-electron chi connectivity index (χ3n) is 1.60. The number of thioether (sulfide) groups is 1. The van der Waals surface area contributed by atoms with E-state index in [1.54, 1.807) is 6.26 Å². The van der Waals surface area contributed by atoms with Gasteiger partial charge in [-0.05, 0) is 13.0 Å². The topological polar surface area (TPSA) is 50.4 Å². The first-order valence-electron chi connectivity index (χ1n) is 4.02. The summed E-state index contributed by atoms with van der Waals surface area (Å²) in [6.07, 6.45) is 1.79. The second-order valence-electron chi connectivity index (χ2n) is 2.87. The fourth-order valence-corrected chi connectivity index (χ4v) is 2.01. The molecule has 0 spiro atoms. The van der Waals surface area contributed by atoms with E-state index in [4.69, 9.17) is 9.52 Å². The number of hydrogen-bond acceptors (Lipinski definition) is 3. The van der Waals surface area contributed by atoms with Crippen LogP contribution in [0.3, 0.4) is 0 Å². The van der Waals surface area contributed by atoms with Crippen molar-refractivity contribution in [1.82, 2.24) is 0 Å². The van der Waals surface area contributed by atoms with Gasteiger partial charge in [0, 0.05) is 10.1 Å². The van der Waals surface area contributed by atoms with Gasteiger partial charge in [0.25, 0.3) is 0 Å². The van der Waals surface area contributed by atoms with Crippen molar-refractivity contribution in [1.29, 1.82) is 0 Å². The first-order valence-corrected chi connectivity index (χ1v) is 4.90. The summed E-state index contributed by atoms with van der Waals surface area (Å²) in [5.41, 5.74) is 0. The van der Waals surface area contributed by atoms with Gasteiger partial charge in [-0.25, -0.2) is 0 Å². The molecule has 72 valence electrons. The lowest BCUT2D eigenvalue weighted by Crippen LogP contribution is -2.05. The summed E-state index contributed by atoms with van der Waals surface area (Å²) in [5.74, 6) is 0.0865. The van der Waals surface area contributed by atoms with Gasteiger partial charge in [0.15, 0.2) is 0 Å². The summed E-state index contributed by atoms with van der Waals surface area (Å²) in [7, 11) is 0. The first kappa shape index (κ1) is 10.2. The Hall–Kier alpha value is -0.900. The molecule has 1 atom stereocenters. The van der Waals surface area contributed by atoms with Crippen LogP contribution in [0.15, 0.2) is 21.6 Å². The Kier molecular flexibility index (Phi) is 3.42. The minimum Gasteiger partial charge on any atom is -0.481 e. The molecule has 0 saturated heterocycles.